The van der Waals surface area contributed by atoms with Crippen LogP contribution in [-0.2, 0) is 14.3 Å². The number of ether oxygens (including phenoxy) is 2. The third kappa shape index (κ3) is 4.72. The minimum Gasteiger partial charge on any atom is -0.465 e. The Hall–Kier alpha value is -0.650. The molecule has 0 aromatic rings. The Morgan fingerprint density at radius 3 is 2.05 bits per heavy atom. The van der Waals surface area contributed by atoms with Gasteiger partial charge in [0.2, 0.25) is 0 Å². The van der Waals surface area contributed by atoms with Gasteiger partial charge in [0.25, 0.3) is 0 Å². The van der Waals surface area contributed by atoms with E-state index in [0.29, 0.717) is 6.42 Å². The maximum absolute atomic E-state index is 11.7. The van der Waals surface area contributed by atoms with Gasteiger partial charge in [0.1, 0.15) is 5.60 Å². The van der Waals surface area contributed by atoms with Crippen LogP contribution in [0.3, 0.4) is 0 Å². The molecule has 4 atom stereocenters. The first-order chi connectivity index (χ1) is 9.00. The molecular weight excluding hydrogens is 260 g/mol. The van der Waals surface area contributed by atoms with Crippen LogP contribution in [0.2, 0.25) is 0 Å². The molecule has 5 heteroatoms. The van der Waals surface area contributed by atoms with Gasteiger partial charge in [0.15, 0.2) is 0 Å². The summed E-state index contributed by atoms with van der Waals surface area (Å²) in [6.45, 7) is 10.7. The molecule has 0 unspecified atom stereocenters. The molecule has 0 saturated heterocycles. The molecule has 0 amide bonds. The second-order valence-electron chi connectivity index (χ2n) is 6.58. The number of rotatable bonds is 7. The van der Waals surface area contributed by atoms with E-state index in [2.05, 4.69) is 0 Å². The van der Waals surface area contributed by atoms with Gasteiger partial charge in [-0.1, -0.05) is 13.8 Å². The standard InChI is InChI=1S/C15H30O5/c1-8-11(16)15(6,19-7)12(17)10(2)9-20-13(18)14(3,4)5/h10-12,16-17H,8-9H2,1-7H3/t10-,11+,12+,15+/m0/s1. The van der Waals surface area contributed by atoms with E-state index in [1.54, 1.807) is 34.6 Å². The van der Waals surface area contributed by atoms with Crippen LogP contribution < -0.4 is 0 Å². The Morgan fingerprint density at radius 2 is 1.70 bits per heavy atom. The second-order valence-corrected chi connectivity index (χ2v) is 6.58. The summed E-state index contributed by atoms with van der Waals surface area (Å²) in [6.07, 6.45) is -1.26. The SMILES string of the molecule is CC[C@@H](O)[C@@](C)(OC)[C@H](O)[C@@H](C)COC(=O)C(C)(C)C. The molecule has 0 aromatic carbocycles. The van der Waals surface area contributed by atoms with Gasteiger partial charge < -0.3 is 19.7 Å². The zero-order chi connectivity index (χ0) is 16.1. The van der Waals surface area contributed by atoms with Crippen LogP contribution in [0.5, 0.6) is 0 Å². The van der Waals surface area contributed by atoms with E-state index < -0.39 is 23.2 Å². The van der Waals surface area contributed by atoms with Crippen molar-refractivity contribution in [1.82, 2.24) is 0 Å². The van der Waals surface area contributed by atoms with Crippen molar-refractivity contribution in [3.8, 4) is 0 Å². The molecule has 0 heterocycles. The first kappa shape index (κ1) is 19.4. The van der Waals surface area contributed by atoms with Crippen LogP contribution in [0.1, 0.15) is 48.0 Å². The molecule has 0 spiro atoms. The van der Waals surface area contributed by atoms with Gasteiger partial charge in [0.05, 0.1) is 24.2 Å². The first-order valence-electron chi connectivity index (χ1n) is 7.09. The minimum atomic E-state index is -1.08. The highest BCUT2D eigenvalue weighted by atomic mass is 16.5. The number of carbonyl (C=O) groups excluding carboxylic acids is 1. The Balaban J connectivity index is 4.69. The molecule has 5 nitrogen and oxygen atoms in total. The van der Waals surface area contributed by atoms with Crippen molar-refractivity contribution in [2.24, 2.45) is 11.3 Å². The van der Waals surface area contributed by atoms with Gasteiger partial charge >= 0.3 is 5.97 Å². The van der Waals surface area contributed by atoms with E-state index in [1.807, 2.05) is 6.92 Å². The lowest BCUT2D eigenvalue weighted by Crippen LogP contribution is -2.54. The number of hydrogen-bond acceptors (Lipinski definition) is 5. The van der Waals surface area contributed by atoms with Gasteiger partial charge in [-0.15, -0.1) is 0 Å². The lowest BCUT2D eigenvalue weighted by Gasteiger charge is -2.39. The molecule has 0 aromatic heterocycles. The summed E-state index contributed by atoms with van der Waals surface area (Å²) in [5.41, 5.74) is -1.65. The molecule has 20 heavy (non-hydrogen) atoms. The summed E-state index contributed by atoms with van der Waals surface area (Å²) in [5.74, 6) is -0.654. The molecule has 0 rings (SSSR count). The van der Waals surface area contributed by atoms with E-state index in [9.17, 15) is 15.0 Å². The maximum Gasteiger partial charge on any atom is 0.311 e. The lowest BCUT2D eigenvalue weighted by molar-refractivity contribution is -0.179. The summed E-state index contributed by atoms with van der Waals surface area (Å²) in [4.78, 5) is 11.7. The summed E-state index contributed by atoms with van der Waals surface area (Å²) in [7, 11) is 1.45. The summed E-state index contributed by atoms with van der Waals surface area (Å²) >= 11 is 0. The van der Waals surface area contributed by atoms with Crippen LogP contribution in [-0.4, -0.2) is 47.7 Å². The molecule has 2 N–H and O–H groups in total. The van der Waals surface area contributed by atoms with Gasteiger partial charge in [0, 0.05) is 13.0 Å². The predicted octanol–water partition coefficient (Wildman–Crippen LogP) is 1.75. The number of methoxy groups -OCH3 is 1. The van der Waals surface area contributed by atoms with Crippen LogP contribution in [0.4, 0.5) is 0 Å². The number of carbonyl (C=O) groups is 1. The van der Waals surface area contributed by atoms with Crippen molar-refractivity contribution in [2.45, 2.75) is 65.8 Å². The normalized spacial score (nSPS) is 19.9. The monoisotopic (exact) mass is 290 g/mol. The Kier molecular flexibility index (Phi) is 7.14. The lowest BCUT2D eigenvalue weighted by atomic mass is 9.84. The largest absolute Gasteiger partial charge is 0.465 e. The first-order valence-corrected chi connectivity index (χ1v) is 7.09. The van der Waals surface area contributed by atoms with E-state index in [0.717, 1.165) is 0 Å². The summed E-state index contributed by atoms with van der Waals surface area (Å²) < 4.78 is 10.5. The van der Waals surface area contributed by atoms with Gasteiger partial charge in [-0.2, -0.15) is 0 Å². The van der Waals surface area contributed by atoms with E-state index in [4.69, 9.17) is 9.47 Å². The van der Waals surface area contributed by atoms with Crippen LogP contribution in [0.15, 0.2) is 0 Å². The van der Waals surface area contributed by atoms with E-state index in [1.165, 1.54) is 7.11 Å². The third-order valence-corrected chi connectivity index (χ3v) is 3.70. The number of hydrogen-bond donors (Lipinski definition) is 2. The van der Waals surface area contributed by atoms with Crippen molar-refractivity contribution in [2.75, 3.05) is 13.7 Å². The zero-order valence-electron chi connectivity index (χ0n) is 13.8. The molecule has 0 aliphatic heterocycles. The number of aliphatic hydroxyl groups is 2. The predicted molar refractivity (Wildman–Crippen MR) is 77.3 cm³/mol. The fraction of sp³-hybridized carbons (Fsp3) is 0.933. The average Bonchev–Trinajstić information content (AvgIpc) is 2.40. The average molecular weight is 290 g/mol. The molecular formula is C15H30O5. The van der Waals surface area contributed by atoms with Crippen molar-refractivity contribution >= 4 is 5.97 Å². The van der Waals surface area contributed by atoms with Gasteiger partial charge in [-0.05, 0) is 34.1 Å². The number of aliphatic hydroxyl groups excluding tert-OH is 2. The summed E-state index contributed by atoms with van der Waals surface area (Å²) in [5, 5.41) is 20.4. The molecule has 120 valence electrons. The Labute approximate surface area is 122 Å². The molecule has 0 radical (unpaired) electrons. The Morgan fingerprint density at radius 1 is 1.20 bits per heavy atom. The molecule has 0 aliphatic carbocycles. The van der Waals surface area contributed by atoms with Gasteiger partial charge in [-0.25, -0.2) is 0 Å². The molecule has 0 aliphatic rings. The van der Waals surface area contributed by atoms with Crippen molar-refractivity contribution < 1.29 is 24.5 Å². The third-order valence-electron chi connectivity index (χ3n) is 3.70. The van der Waals surface area contributed by atoms with Crippen molar-refractivity contribution in [3.05, 3.63) is 0 Å². The van der Waals surface area contributed by atoms with E-state index in [-0.39, 0.29) is 18.5 Å². The van der Waals surface area contributed by atoms with Crippen molar-refractivity contribution in [3.63, 3.8) is 0 Å². The quantitative estimate of drug-likeness (QED) is 0.699. The second kappa shape index (κ2) is 7.38. The van der Waals surface area contributed by atoms with Gasteiger partial charge in [-0.3, -0.25) is 4.79 Å². The van der Waals surface area contributed by atoms with Crippen LogP contribution in [0.25, 0.3) is 0 Å². The molecule has 0 fully saturated rings. The van der Waals surface area contributed by atoms with E-state index >= 15 is 0 Å². The highest BCUT2D eigenvalue weighted by molar-refractivity contribution is 5.75. The topological polar surface area (TPSA) is 76.0 Å². The summed E-state index contributed by atoms with van der Waals surface area (Å²) in [6, 6.07) is 0. The smallest absolute Gasteiger partial charge is 0.311 e. The highest BCUT2D eigenvalue weighted by Gasteiger charge is 2.42. The zero-order valence-corrected chi connectivity index (χ0v) is 13.8. The highest BCUT2D eigenvalue weighted by Crippen LogP contribution is 2.27. The fourth-order valence-corrected chi connectivity index (χ4v) is 1.94. The maximum atomic E-state index is 11.7. The number of esters is 1. The Bertz CT molecular complexity index is 310. The molecule has 0 saturated carbocycles. The van der Waals surface area contributed by atoms with Crippen molar-refractivity contribution in [1.29, 1.82) is 0 Å². The van der Waals surface area contributed by atoms with Crippen LogP contribution >= 0.6 is 0 Å². The minimum absolute atomic E-state index is 0.0899. The molecule has 0 bridgehead atoms. The fourth-order valence-electron chi connectivity index (χ4n) is 1.94. The van der Waals surface area contributed by atoms with Crippen LogP contribution in [0, 0.1) is 11.3 Å².